The van der Waals surface area contributed by atoms with E-state index in [1.807, 2.05) is 0 Å². The Kier molecular flexibility index (Phi) is 48.7. The van der Waals surface area contributed by atoms with E-state index in [1.54, 1.807) is 0 Å². The van der Waals surface area contributed by atoms with Crippen LogP contribution < -0.4 is 0 Å². The third-order valence-electron chi connectivity index (χ3n) is 12.6. The van der Waals surface area contributed by atoms with Crippen molar-refractivity contribution in [2.24, 2.45) is 0 Å². The summed E-state index contributed by atoms with van der Waals surface area (Å²) in [4.78, 5) is 43.2. The van der Waals surface area contributed by atoms with Crippen LogP contribution in [0.4, 0.5) is 0 Å². The van der Waals surface area contributed by atoms with Gasteiger partial charge in [-0.1, -0.05) is 284 Å². The quantitative estimate of drug-likeness (QED) is 0.0352. The van der Waals surface area contributed by atoms with Crippen LogP contribution in [0.3, 0.4) is 0 Å². The first-order chi connectivity index (χ1) is 30.3. The highest BCUT2D eigenvalue weighted by atomic mass is 31.2. The van der Waals surface area contributed by atoms with Gasteiger partial charge in [-0.3, -0.25) is 14.1 Å². The molecule has 0 spiro atoms. The van der Waals surface area contributed by atoms with Crippen LogP contribution in [0.25, 0.3) is 0 Å². The van der Waals surface area contributed by atoms with Crippen molar-refractivity contribution in [3.63, 3.8) is 0 Å². The van der Waals surface area contributed by atoms with Crippen molar-refractivity contribution >= 4 is 19.8 Å². The highest BCUT2D eigenvalue weighted by molar-refractivity contribution is 7.46. The van der Waals surface area contributed by atoms with Crippen molar-refractivity contribution < 1.29 is 37.9 Å². The third-order valence-corrected chi connectivity index (χ3v) is 13.1. The van der Waals surface area contributed by atoms with E-state index >= 15 is 0 Å². The summed E-state index contributed by atoms with van der Waals surface area (Å²) in [6.45, 7) is 3.76. The molecule has 0 radical (unpaired) electrons. The fourth-order valence-corrected chi connectivity index (χ4v) is 8.92. The number of rotatable bonds is 52. The highest BCUT2D eigenvalue weighted by Gasteiger charge is 2.23. The molecule has 0 unspecified atom stereocenters. The van der Waals surface area contributed by atoms with Crippen molar-refractivity contribution in [2.75, 3.05) is 13.2 Å². The van der Waals surface area contributed by atoms with Crippen molar-refractivity contribution in [3.8, 4) is 0 Å². The molecule has 62 heavy (non-hydrogen) atoms. The van der Waals surface area contributed by atoms with Gasteiger partial charge in [-0.2, -0.15) is 0 Å². The van der Waals surface area contributed by atoms with Gasteiger partial charge >= 0.3 is 19.8 Å². The fourth-order valence-electron chi connectivity index (χ4n) is 8.56. The summed E-state index contributed by atoms with van der Waals surface area (Å²) in [5, 5.41) is 0. The van der Waals surface area contributed by atoms with Crippen LogP contribution in [-0.4, -0.2) is 41.0 Å². The summed E-state index contributed by atoms with van der Waals surface area (Å²) >= 11 is 0. The molecule has 0 amide bonds. The lowest BCUT2D eigenvalue weighted by Crippen LogP contribution is -2.29. The summed E-state index contributed by atoms with van der Waals surface area (Å²) in [6, 6.07) is 0. The molecule has 0 aromatic heterocycles. The molecule has 0 bridgehead atoms. The molecule has 8 nitrogen and oxygen atoms in total. The van der Waals surface area contributed by atoms with Gasteiger partial charge in [0.1, 0.15) is 6.61 Å². The topological polar surface area (TPSA) is 119 Å². The van der Waals surface area contributed by atoms with E-state index in [4.69, 9.17) is 19.3 Å². The Morgan fingerprint density at radius 1 is 0.355 bits per heavy atom. The second kappa shape index (κ2) is 49.5. The minimum atomic E-state index is -4.75. The SMILES string of the molecule is CCCCCCCCCCCCCCCCCCCCCCCCCC(=O)OC[C@H](COP(=O)(O)O)OC(=O)CCCCCCCCCCCCCCCCCCCCCCC. The van der Waals surface area contributed by atoms with Gasteiger partial charge in [0.2, 0.25) is 0 Å². The molecule has 1 atom stereocenters. The van der Waals surface area contributed by atoms with Crippen LogP contribution in [-0.2, 0) is 28.2 Å². The van der Waals surface area contributed by atoms with Gasteiger partial charge in [0, 0.05) is 12.8 Å². The fraction of sp³-hybridized carbons (Fsp3) is 0.962. The molecule has 2 N–H and O–H groups in total. The molecule has 0 rings (SSSR count). The summed E-state index contributed by atoms with van der Waals surface area (Å²) in [5.41, 5.74) is 0. The summed E-state index contributed by atoms with van der Waals surface area (Å²) in [5.74, 6) is -0.858. The minimum absolute atomic E-state index is 0.221. The second-order valence-electron chi connectivity index (χ2n) is 18.9. The average molecular weight is 901 g/mol. The lowest BCUT2D eigenvalue weighted by Gasteiger charge is -2.18. The second-order valence-corrected chi connectivity index (χ2v) is 20.2. The van der Waals surface area contributed by atoms with Crippen LogP contribution >= 0.6 is 7.82 Å². The molecule has 0 aliphatic heterocycles. The molecule has 9 heteroatoms. The molecule has 0 heterocycles. The smallest absolute Gasteiger partial charge is 0.462 e. The van der Waals surface area contributed by atoms with E-state index in [0.29, 0.717) is 6.42 Å². The summed E-state index contributed by atoms with van der Waals surface area (Å²) in [7, 11) is -4.75. The Morgan fingerprint density at radius 2 is 0.581 bits per heavy atom. The number of hydrogen-bond donors (Lipinski definition) is 2. The molecule has 0 fully saturated rings. The maximum atomic E-state index is 12.5. The molecule has 0 aliphatic rings. The van der Waals surface area contributed by atoms with E-state index in [2.05, 4.69) is 18.4 Å². The van der Waals surface area contributed by atoms with Gasteiger partial charge in [0.05, 0.1) is 6.61 Å². The molecule has 0 saturated carbocycles. The van der Waals surface area contributed by atoms with Gasteiger partial charge in [-0.15, -0.1) is 0 Å². The standard InChI is InChI=1S/C53H105O8P/c1-3-5-7-9-11-13-15-17-19-21-23-25-26-28-29-31-33-35-37-39-41-43-45-47-52(54)59-49-51(50-60-62(56,57)58)61-53(55)48-46-44-42-40-38-36-34-32-30-27-24-22-20-18-16-14-12-10-8-6-4-2/h51H,3-50H2,1-2H3,(H2,56,57,58)/t51-/m1/s1. The van der Waals surface area contributed by atoms with Crippen LogP contribution in [0, 0.1) is 0 Å². The van der Waals surface area contributed by atoms with E-state index < -0.39 is 32.5 Å². The van der Waals surface area contributed by atoms with Crippen LogP contribution in [0.1, 0.15) is 309 Å². The molecule has 370 valence electrons. The van der Waals surface area contributed by atoms with Gasteiger partial charge in [0.25, 0.3) is 0 Å². The van der Waals surface area contributed by atoms with E-state index in [0.717, 1.165) is 32.1 Å². The van der Waals surface area contributed by atoms with Gasteiger partial charge in [0.15, 0.2) is 6.10 Å². The average Bonchev–Trinajstić information content (AvgIpc) is 3.25. The predicted octanol–water partition coefficient (Wildman–Crippen LogP) is 17.5. The lowest BCUT2D eigenvalue weighted by atomic mass is 10.0. The minimum Gasteiger partial charge on any atom is -0.462 e. The van der Waals surface area contributed by atoms with Crippen molar-refractivity contribution in [1.82, 2.24) is 0 Å². The van der Waals surface area contributed by atoms with Crippen molar-refractivity contribution in [1.29, 1.82) is 0 Å². The predicted molar refractivity (Wildman–Crippen MR) is 263 cm³/mol. The maximum Gasteiger partial charge on any atom is 0.469 e. The van der Waals surface area contributed by atoms with Crippen molar-refractivity contribution in [2.45, 2.75) is 315 Å². The first-order valence-electron chi connectivity index (χ1n) is 27.3. The van der Waals surface area contributed by atoms with Crippen molar-refractivity contribution in [3.05, 3.63) is 0 Å². The molecule has 0 aromatic carbocycles. The Hall–Kier alpha value is -0.950. The van der Waals surface area contributed by atoms with E-state index in [-0.39, 0.29) is 19.4 Å². The molecule has 0 aliphatic carbocycles. The monoisotopic (exact) mass is 901 g/mol. The number of unbranched alkanes of at least 4 members (excludes halogenated alkanes) is 42. The molecule has 0 saturated heterocycles. The Bertz CT molecular complexity index is 971. The van der Waals surface area contributed by atoms with Crippen LogP contribution in [0.2, 0.25) is 0 Å². The Morgan fingerprint density at radius 3 is 0.823 bits per heavy atom. The number of carbonyl (C=O) groups is 2. The number of phosphoric ester groups is 1. The third kappa shape index (κ3) is 51.7. The number of carbonyl (C=O) groups excluding carboxylic acids is 2. The lowest BCUT2D eigenvalue weighted by molar-refractivity contribution is -0.161. The molecular formula is C53H105O8P. The first kappa shape index (κ1) is 61.0. The molecule has 0 aromatic rings. The maximum absolute atomic E-state index is 12.5. The number of hydrogen-bond acceptors (Lipinski definition) is 6. The number of ether oxygens (including phenoxy) is 2. The largest absolute Gasteiger partial charge is 0.469 e. The number of esters is 2. The highest BCUT2D eigenvalue weighted by Crippen LogP contribution is 2.36. The van der Waals surface area contributed by atoms with Crippen LogP contribution in [0.15, 0.2) is 0 Å². The Balaban J connectivity index is 3.72. The number of phosphoric acid groups is 1. The summed E-state index contributed by atoms with van der Waals surface area (Å²) < 4.78 is 26.6. The first-order valence-corrected chi connectivity index (χ1v) is 28.9. The Labute approximate surface area is 385 Å². The van der Waals surface area contributed by atoms with E-state index in [9.17, 15) is 14.2 Å². The van der Waals surface area contributed by atoms with Gasteiger partial charge in [-0.25, -0.2) is 4.57 Å². The summed E-state index contributed by atoms with van der Waals surface area (Å²) in [6.07, 6.45) is 57.1. The van der Waals surface area contributed by atoms with Crippen LogP contribution in [0.5, 0.6) is 0 Å². The van der Waals surface area contributed by atoms with Gasteiger partial charge in [-0.05, 0) is 12.8 Å². The van der Waals surface area contributed by atoms with E-state index in [1.165, 1.54) is 244 Å². The van der Waals surface area contributed by atoms with Gasteiger partial charge < -0.3 is 19.3 Å². The normalized spacial score (nSPS) is 12.3. The zero-order chi connectivity index (χ0) is 45.3. The zero-order valence-electron chi connectivity index (χ0n) is 41.3. The molecular weight excluding hydrogens is 796 g/mol. The zero-order valence-corrected chi connectivity index (χ0v) is 42.2.